The fraction of sp³-hybridized carbons (Fsp3) is 1.00. The van der Waals surface area contributed by atoms with Gasteiger partial charge in [0, 0.05) is 0 Å². The standard InChI is InChI=1S/C4H12Ge/c1-4-5(2)3/h5H,4H2,1-3H3. The topological polar surface area (TPSA) is 0 Å². The molecule has 0 fully saturated rings. The van der Waals surface area contributed by atoms with Gasteiger partial charge in [0.2, 0.25) is 0 Å². The SMILES string of the molecule is C[CH2][GeH]([CH3])[CH3]. The molecule has 0 saturated carbocycles. The van der Waals surface area contributed by atoms with Crippen LogP contribution in [0.4, 0.5) is 0 Å². The van der Waals surface area contributed by atoms with E-state index in [4.69, 9.17) is 0 Å². The van der Waals surface area contributed by atoms with Crippen molar-refractivity contribution < 1.29 is 0 Å². The van der Waals surface area contributed by atoms with Crippen molar-refractivity contribution in [3.8, 4) is 0 Å². The van der Waals surface area contributed by atoms with E-state index in [1.165, 1.54) is 5.25 Å². The van der Waals surface area contributed by atoms with Crippen molar-refractivity contribution in [3.63, 3.8) is 0 Å². The van der Waals surface area contributed by atoms with Crippen molar-refractivity contribution in [1.82, 2.24) is 0 Å². The number of hydrogen-bond acceptors (Lipinski definition) is 0. The third-order valence-electron chi connectivity index (χ3n) is 0.816. The Hall–Kier alpha value is 0.543. The fourth-order valence-electron chi connectivity index (χ4n) is 0. The van der Waals surface area contributed by atoms with Gasteiger partial charge < -0.3 is 0 Å². The van der Waals surface area contributed by atoms with E-state index in [1.807, 2.05) is 0 Å². The Bertz CT molecular complexity index is 17.6. The summed E-state index contributed by atoms with van der Waals surface area (Å²) in [5.41, 5.74) is 0. The van der Waals surface area contributed by atoms with Gasteiger partial charge in [-0.2, -0.15) is 0 Å². The van der Waals surface area contributed by atoms with Gasteiger partial charge in [0.15, 0.2) is 0 Å². The molecule has 0 aliphatic rings. The van der Waals surface area contributed by atoms with Crippen LogP contribution in [0.3, 0.4) is 0 Å². The predicted molar refractivity (Wildman–Crippen MR) is 29.4 cm³/mol. The Morgan fingerprint density at radius 1 is 1.40 bits per heavy atom. The average Bonchev–Trinajstić information content (AvgIpc) is 1.38. The minimum absolute atomic E-state index is 0.512. The van der Waals surface area contributed by atoms with Crippen LogP contribution in [0, 0.1) is 0 Å². The molecule has 0 bridgehead atoms. The van der Waals surface area contributed by atoms with Crippen LogP contribution in [0.15, 0.2) is 0 Å². The third-order valence-corrected chi connectivity index (χ3v) is 4.24. The molecular formula is C4H12Ge. The average molecular weight is 133 g/mol. The Morgan fingerprint density at radius 3 is 1.60 bits per heavy atom. The number of hydrogen-bond donors (Lipinski definition) is 0. The molecule has 0 aliphatic carbocycles. The molecule has 0 N–H and O–H groups in total. The molecule has 0 aromatic heterocycles. The monoisotopic (exact) mass is 134 g/mol. The zero-order chi connectivity index (χ0) is 4.28. The Morgan fingerprint density at radius 2 is 1.60 bits per heavy atom. The second kappa shape index (κ2) is 2.76. The Balaban J connectivity index is 2.54. The summed E-state index contributed by atoms with van der Waals surface area (Å²) < 4.78 is 0. The first-order chi connectivity index (χ1) is 2.27. The van der Waals surface area contributed by atoms with Crippen LogP contribution in [-0.4, -0.2) is 14.3 Å². The van der Waals surface area contributed by atoms with Gasteiger partial charge in [-0.3, -0.25) is 0 Å². The van der Waals surface area contributed by atoms with Gasteiger partial charge in [-0.25, -0.2) is 0 Å². The van der Waals surface area contributed by atoms with Crippen molar-refractivity contribution in [1.29, 1.82) is 0 Å². The molecule has 0 nitrogen and oxygen atoms in total. The summed E-state index contributed by atoms with van der Waals surface area (Å²) in [7, 11) is 0. The van der Waals surface area contributed by atoms with Crippen LogP contribution >= 0.6 is 0 Å². The summed E-state index contributed by atoms with van der Waals surface area (Å²) in [4.78, 5) is 0. The van der Waals surface area contributed by atoms with Gasteiger partial charge in [-0.05, 0) is 0 Å². The molecule has 32 valence electrons. The van der Waals surface area contributed by atoms with Crippen molar-refractivity contribution in [3.05, 3.63) is 0 Å². The maximum atomic E-state index is 2.41. The molecule has 0 heterocycles. The first kappa shape index (κ1) is 5.54. The van der Waals surface area contributed by atoms with Gasteiger partial charge in [-0.15, -0.1) is 0 Å². The minimum atomic E-state index is -0.512. The molecule has 0 atom stereocenters. The molecule has 0 aromatic carbocycles. The molecule has 0 amide bonds. The molecule has 0 aromatic rings. The van der Waals surface area contributed by atoms with Crippen molar-refractivity contribution in [2.24, 2.45) is 0 Å². The fourth-order valence-corrected chi connectivity index (χ4v) is 0. The molecule has 5 heavy (non-hydrogen) atoms. The molecule has 0 aliphatic heterocycles. The van der Waals surface area contributed by atoms with Gasteiger partial charge in [0.25, 0.3) is 0 Å². The zero-order valence-electron chi connectivity index (χ0n) is 4.28. The van der Waals surface area contributed by atoms with Crippen LogP contribution in [0.1, 0.15) is 6.92 Å². The van der Waals surface area contributed by atoms with Gasteiger partial charge >= 0.3 is 38.0 Å². The van der Waals surface area contributed by atoms with E-state index in [-0.39, 0.29) is 0 Å². The Kier molecular flexibility index (Phi) is 3.06. The van der Waals surface area contributed by atoms with Crippen LogP contribution in [0.25, 0.3) is 0 Å². The molecule has 0 spiro atoms. The summed E-state index contributed by atoms with van der Waals surface area (Å²) in [5, 5.41) is 1.49. The normalized spacial score (nSPS) is 9.60. The predicted octanol–water partition coefficient (Wildman–Crippen LogP) is 1.49. The van der Waals surface area contributed by atoms with Crippen LogP contribution < -0.4 is 0 Å². The summed E-state index contributed by atoms with van der Waals surface area (Å²) in [6.45, 7) is 2.28. The molecule has 0 saturated heterocycles. The third kappa shape index (κ3) is 4.54. The molecule has 0 unspecified atom stereocenters. The van der Waals surface area contributed by atoms with Crippen LogP contribution in [0.5, 0.6) is 0 Å². The Labute approximate surface area is 38.7 Å². The van der Waals surface area contributed by atoms with Crippen molar-refractivity contribution in [2.45, 2.75) is 23.7 Å². The van der Waals surface area contributed by atoms with E-state index in [1.54, 1.807) is 0 Å². The van der Waals surface area contributed by atoms with Gasteiger partial charge in [0.1, 0.15) is 0 Å². The van der Waals surface area contributed by atoms with Crippen LogP contribution in [-0.2, 0) is 0 Å². The van der Waals surface area contributed by atoms with Crippen LogP contribution in [0.2, 0.25) is 16.8 Å². The van der Waals surface area contributed by atoms with E-state index < -0.39 is 14.3 Å². The van der Waals surface area contributed by atoms with E-state index in [0.29, 0.717) is 0 Å². The first-order valence-electron chi connectivity index (χ1n) is 2.27. The summed E-state index contributed by atoms with van der Waals surface area (Å²) in [6.07, 6.45) is 0. The molecule has 0 radical (unpaired) electrons. The van der Waals surface area contributed by atoms with Crippen molar-refractivity contribution in [2.75, 3.05) is 0 Å². The molecular weight excluding hydrogens is 121 g/mol. The van der Waals surface area contributed by atoms with E-state index in [2.05, 4.69) is 18.4 Å². The second-order valence-corrected chi connectivity index (χ2v) is 9.36. The second-order valence-electron chi connectivity index (χ2n) is 1.80. The quantitative estimate of drug-likeness (QED) is 0.475. The summed E-state index contributed by atoms with van der Waals surface area (Å²) >= 11 is -0.512. The maximum absolute atomic E-state index is 2.41. The van der Waals surface area contributed by atoms with E-state index in [9.17, 15) is 0 Å². The van der Waals surface area contributed by atoms with Gasteiger partial charge in [0.05, 0.1) is 0 Å². The van der Waals surface area contributed by atoms with E-state index in [0.717, 1.165) is 0 Å². The van der Waals surface area contributed by atoms with Gasteiger partial charge in [-0.1, -0.05) is 0 Å². The number of rotatable bonds is 1. The summed E-state index contributed by atoms with van der Waals surface area (Å²) in [6, 6.07) is 0. The molecule has 0 rings (SSSR count). The van der Waals surface area contributed by atoms with Crippen molar-refractivity contribution >= 4 is 14.3 Å². The van der Waals surface area contributed by atoms with E-state index >= 15 is 0 Å². The first-order valence-corrected chi connectivity index (χ1v) is 8.83. The molecule has 1 heteroatoms. The summed E-state index contributed by atoms with van der Waals surface area (Å²) in [5.74, 6) is 4.82. The zero-order valence-corrected chi connectivity index (χ0v) is 6.71.